The summed E-state index contributed by atoms with van der Waals surface area (Å²) in [5.41, 5.74) is 1.15. The number of hydrogen-bond acceptors (Lipinski definition) is 10. The summed E-state index contributed by atoms with van der Waals surface area (Å²) >= 11 is 1.07. The molecule has 0 saturated carbocycles. The van der Waals surface area contributed by atoms with Gasteiger partial charge in [0.05, 0.1) is 25.0 Å². The van der Waals surface area contributed by atoms with Gasteiger partial charge in [-0.25, -0.2) is 4.98 Å². The van der Waals surface area contributed by atoms with E-state index in [0.717, 1.165) is 16.9 Å². The van der Waals surface area contributed by atoms with Crippen LogP contribution in [0.5, 0.6) is 0 Å². The van der Waals surface area contributed by atoms with E-state index in [-0.39, 0.29) is 11.2 Å². The van der Waals surface area contributed by atoms with E-state index in [1.807, 2.05) is 13.8 Å². The van der Waals surface area contributed by atoms with Crippen molar-refractivity contribution >= 4 is 29.1 Å². The minimum Gasteiger partial charge on any atom is -0.496 e. The van der Waals surface area contributed by atoms with E-state index >= 15 is 0 Å². The fourth-order valence-corrected chi connectivity index (χ4v) is 4.08. The van der Waals surface area contributed by atoms with Gasteiger partial charge in [0.1, 0.15) is 52.2 Å². The standard InChI is InChI=1S/C22H29N3O7S/c1-11(2)10-32-17-5-4-13(6-14(17)7-23)22-24-12(3)20(33-22)21(31)25-15(8-26)18(29)19(30)16(28)9-27/h4-5,8,11,14-16,18-19,27-30H,6,9-10H2,1-3H3,(H,25,31). The predicted molar refractivity (Wildman–Crippen MR) is 120 cm³/mol. The zero-order valence-electron chi connectivity index (χ0n) is 18.6. The summed E-state index contributed by atoms with van der Waals surface area (Å²) in [6, 6.07) is 0.712. The second-order valence-corrected chi connectivity index (χ2v) is 9.15. The van der Waals surface area contributed by atoms with Crippen molar-refractivity contribution in [2.75, 3.05) is 13.2 Å². The molecule has 0 aliphatic heterocycles. The van der Waals surface area contributed by atoms with E-state index in [4.69, 9.17) is 9.84 Å². The lowest BCUT2D eigenvalue weighted by molar-refractivity contribution is -0.119. The third kappa shape index (κ3) is 6.69. The zero-order chi connectivity index (χ0) is 24.7. The lowest BCUT2D eigenvalue weighted by Gasteiger charge is -2.26. The fourth-order valence-electron chi connectivity index (χ4n) is 3.08. The van der Waals surface area contributed by atoms with E-state index < -0.39 is 42.8 Å². The minimum atomic E-state index is -1.84. The Morgan fingerprint density at radius 3 is 2.64 bits per heavy atom. The molecular formula is C22H29N3O7S. The van der Waals surface area contributed by atoms with E-state index in [1.165, 1.54) is 0 Å². The number of amides is 1. The van der Waals surface area contributed by atoms with Gasteiger partial charge in [0.25, 0.3) is 5.91 Å². The van der Waals surface area contributed by atoms with Crippen molar-refractivity contribution in [3.8, 4) is 6.07 Å². The van der Waals surface area contributed by atoms with Gasteiger partial charge in [-0.3, -0.25) is 4.79 Å². The van der Waals surface area contributed by atoms with Crippen LogP contribution in [0.1, 0.15) is 40.6 Å². The fraction of sp³-hybridized carbons (Fsp3) is 0.545. The van der Waals surface area contributed by atoms with Crippen LogP contribution in [0.3, 0.4) is 0 Å². The maximum Gasteiger partial charge on any atom is 0.263 e. The Balaban J connectivity index is 2.18. The van der Waals surface area contributed by atoms with Crippen LogP contribution in [0.4, 0.5) is 0 Å². The van der Waals surface area contributed by atoms with Gasteiger partial charge in [-0.1, -0.05) is 19.9 Å². The van der Waals surface area contributed by atoms with Crippen LogP contribution in [0.25, 0.3) is 5.57 Å². The van der Waals surface area contributed by atoms with Gasteiger partial charge in [0.2, 0.25) is 0 Å². The van der Waals surface area contributed by atoms with Crippen molar-refractivity contribution in [3.05, 3.63) is 33.5 Å². The lowest BCUT2D eigenvalue weighted by atomic mass is 9.94. The number of allylic oxidation sites excluding steroid dienone is 4. The van der Waals surface area contributed by atoms with Crippen molar-refractivity contribution in [1.29, 1.82) is 5.26 Å². The van der Waals surface area contributed by atoms with E-state index in [9.17, 15) is 30.2 Å². The summed E-state index contributed by atoms with van der Waals surface area (Å²) in [6.45, 7) is 5.32. The maximum absolute atomic E-state index is 12.7. The Bertz CT molecular complexity index is 950. The summed E-state index contributed by atoms with van der Waals surface area (Å²) in [4.78, 5) is 28.7. The van der Waals surface area contributed by atoms with Gasteiger partial charge in [0.15, 0.2) is 0 Å². The highest BCUT2D eigenvalue weighted by Gasteiger charge is 2.33. The van der Waals surface area contributed by atoms with Gasteiger partial charge in [-0.15, -0.1) is 11.3 Å². The largest absolute Gasteiger partial charge is 0.496 e. The average molecular weight is 480 g/mol. The van der Waals surface area contributed by atoms with Crippen molar-refractivity contribution in [3.63, 3.8) is 0 Å². The van der Waals surface area contributed by atoms with E-state index in [2.05, 4.69) is 16.4 Å². The van der Waals surface area contributed by atoms with Gasteiger partial charge in [-0.2, -0.15) is 5.26 Å². The molecule has 1 aromatic rings. The zero-order valence-corrected chi connectivity index (χ0v) is 19.5. The van der Waals surface area contributed by atoms with Crippen LogP contribution < -0.4 is 5.32 Å². The monoisotopic (exact) mass is 479 g/mol. The number of hydrogen-bond donors (Lipinski definition) is 5. The third-order valence-electron chi connectivity index (χ3n) is 4.98. The van der Waals surface area contributed by atoms with Crippen LogP contribution in [0, 0.1) is 30.1 Å². The number of carbonyl (C=O) groups excluding carboxylic acids is 2. The van der Waals surface area contributed by atoms with Crippen molar-refractivity contribution in [2.45, 2.75) is 51.5 Å². The van der Waals surface area contributed by atoms with Crippen LogP contribution >= 0.6 is 11.3 Å². The summed E-state index contributed by atoms with van der Waals surface area (Å²) in [7, 11) is 0. The van der Waals surface area contributed by atoms with Crippen molar-refractivity contribution < 1.29 is 34.8 Å². The molecule has 1 aromatic heterocycles. The second kappa shape index (κ2) is 12.0. The SMILES string of the molecule is Cc1nc(C2=CC=C(OCC(C)C)C(C#N)C2)sc1C(=O)NC(C=O)C(O)C(O)C(O)CO. The number of aliphatic hydroxyl groups is 4. The molecule has 5 unspecified atom stereocenters. The number of carbonyl (C=O) groups is 2. The Morgan fingerprint density at radius 1 is 1.36 bits per heavy atom. The quantitative estimate of drug-likeness (QED) is 0.280. The second-order valence-electron chi connectivity index (χ2n) is 8.15. The molecular weight excluding hydrogens is 450 g/mol. The highest BCUT2D eigenvalue weighted by molar-refractivity contribution is 7.14. The molecule has 5 N–H and O–H groups in total. The Kier molecular flexibility index (Phi) is 9.70. The summed E-state index contributed by atoms with van der Waals surface area (Å²) in [6.07, 6.45) is -1.20. The van der Waals surface area contributed by atoms with Gasteiger partial charge >= 0.3 is 0 Å². The first-order valence-electron chi connectivity index (χ1n) is 10.4. The molecule has 0 radical (unpaired) electrons. The Morgan fingerprint density at radius 2 is 2.06 bits per heavy atom. The first kappa shape index (κ1) is 26.6. The number of rotatable bonds is 11. The summed E-state index contributed by atoms with van der Waals surface area (Å²) in [5, 5.41) is 50.6. The van der Waals surface area contributed by atoms with Crippen LogP contribution in [-0.4, -0.2) is 75.2 Å². The van der Waals surface area contributed by atoms with Crippen molar-refractivity contribution in [2.24, 2.45) is 11.8 Å². The number of aryl methyl sites for hydroxylation is 1. The number of ether oxygens (including phenoxy) is 1. The molecule has 0 fully saturated rings. The average Bonchev–Trinajstić information content (AvgIpc) is 3.20. The lowest BCUT2D eigenvalue weighted by Crippen LogP contribution is -2.53. The maximum atomic E-state index is 12.7. The van der Waals surface area contributed by atoms with E-state index in [1.54, 1.807) is 19.1 Å². The molecule has 11 heteroatoms. The molecule has 0 saturated heterocycles. The number of aromatic nitrogens is 1. The molecule has 0 spiro atoms. The molecule has 10 nitrogen and oxygen atoms in total. The van der Waals surface area contributed by atoms with Gasteiger partial charge < -0.3 is 35.3 Å². The molecule has 1 heterocycles. The molecule has 33 heavy (non-hydrogen) atoms. The molecule has 0 aromatic carbocycles. The summed E-state index contributed by atoms with van der Waals surface area (Å²) in [5.74, 6) is -0.255. The predicted octanol–water partition coefficient (Wildman–Crippen LogP) is 0.307. The van der Waals surface area contributed by atoms with Gasteiger partial charge in [-0.05, 0) is 30.9 Å². The van der Waals surface area contributed by atoms with Crippen LogP contribution in [-0.2, 0) is 9.53 Å². The minimum absolute atomic E-state index is 0.196. The third-order valence-corrected chi connectivity index (χ3v) is 6.21. The highest BCUT2D eigenvalue weighted by Crippen LogP contribution is 2.34. The molecule has 2 rings (SSSR count). The normalized spacial score (nSPS) is 19.5. The van der Waals surface area contributed by atoms with E-state index in [0.29, 0.717) is 35.4 Å². The number of nitrogens with one attached hydrogen (secondary N) is 1. The smallest absolute Gasteiger partial charge is 0.263 e. The molecule has 1 aliphatic carbocycles. The summed E-state index contributed by atoms with van der Waals surface area (Å²) < 4.78 is 5.72. The number of aldehydes is 1. The van der Waals surface area contributed by atoms with Crippen molar-refractivity contribution in [1.82, 2.24) is 10.3 Å². The molecule has 5 atom stereocenters. The topological polar surface area (TPSA) is 173 Å². The van der Waals surface area contributed by atoms with Crippen LogP contribution in [0.2, 0.25) is 0 Å². The Hall–Kier alpha value is -2.62. The molecule has 0 bridgehead atoms. The number of nitriles is 1. The molecule has 1 amide bonds. The molecule has 1 aliphatic rings. The Labute approximate surface area is 195 Å². The first-order chi connectivity index (χ1) is 15.6. The number of aliphatic hydroxyl groups excluding tert-OH is 4. The van der Waals surface area contributed by atoms with Crippen LogP contribution in [0.15, 0.2) is 17.9 Å². The highest BCUT2D eigenvalue weighted by atomic mass is 32.1. The first-order valence-corrected chi connectivity index (χ1v) is 11.3. The molecule has 180 valence electrons. The van der Waals surface area contributed by atoms with Gasteiger partial charge in [0, 0.05) is 0 Å². The number of nitrogens with zero attached hydrogens (tertiary/aromatic N) is 2. The number of thiazole rings is 1.